The van der Waals surface area contributed by atoms with E-state index in [-0.39, 0.29) is 27.4 Å². The van der Waals surface area contributed by atoms with Crippen LogP contribution >= 0.6 is 11.8 Å². The first-order valence-electron chi connectivity index (χ1n) is 10.7. The molecular formula is C23H25N5O4S2. The van der Waals surface area contributed by atoms with Crippen LogP contribution in [0, 0.1) is 0 Å². The minimum Gasteiger partial charge on any atom is -0.354 e. The highest BCUT2D eigenvalue weighted by Gasteiger charge is 2.18. The van der Waals surface area contributed by atoms with Gasteiger partial charge in [-0.2, -0.15) is 0 Å². The summed E-state index contributed by atoms with van der Waals surface area (Å²) in [7, 11) is -1.79. The van der Waals surface area contributed by atoms with Crippen molar-refractivity contribution in [3.8, 4) is 0 Å². The highest BCUT2D eigenvalue weighted by Crippen LogP contribution is 2.23. The van der Waals surface area contributed by atoms with Crippen molar-refractivity contribution in [1.29, 1.82) is 0 Å². The summed E-state index contributed by atoms with van der Waals surface area (Å²) in [5.74, 6) is 0.748. The maximum atomic E-state index is 12.9. The second kappa shape index (κ2) is 10.1. The van der Waals surface area contributed by atoms with Crippen molar-refractivity contribution in [3.05, 3.63) is 54.2 Å². The van der Waals surface area contributed by atoms with Gasteiger partial charge >= 0.3 is 0 Å². The number of sulfonamides is 1. The number of hydrogen-bond acceptors (Lipinski definition) is 9. The summed E-state index contributed by atoms with van der Waals surface area (Å²) < 4.78 is 28.2. The second-order valence-electron chi connectivity index (χ2n) is 8.06. The molecule has 3 heterocycles. The molecule has 0 saturated carbocycles. The van der Waals surface area contributed by atoms with Gasteiger partial charge in [0.15, 0.2) is 10.9 Å². The molecule has 0 bridgehead atoms. The zero-order valence-corrected chi connectivity index (χ0v) is 20.5. The summed E-state index contributed by atoms with van der Waals surface area (Å²) >= 11 is 0.918. The molecule has 4 rings (SSSR count). The lowest BCUT2D eigenvalue weighted by atomic mass is 10.2. The number of rotatable bonds is 7. The molecule has 11 heteroatoms. The molecule has 0 atom stereocenters. The maximum absolute atomic E-state index is 12.9. The largest absolute Gasteiger partial charge is 0.354 e. The molecule has 1 saturated heterocycles. The molecule has 0 amide bonds. The molecule has 1 N–H and O–H groups in total. The maximum Gasteiger partial charge on any atom is 0.263 e. The Morgan fingerprint density at radius 3 is 2.50 bits per heavy atom. The lowest BCUT2D eigenvalue weighted by molar-refractivity contribution is -0.109. The Labute approximate surface area is 202 Å². The summed E-state index contributed by atoms with van der Waals surface area (Å²) in [6, 6.07) is 11.5. The van der Waals surface area contributed by atoms with Crippen molar-refractivity contribution in [3.63, 3.8) is 0 Å². The number of aromatic nitrogens is 2. The molecule has 34 heavy (non-hydrogen) atoms. The number of fused-ring (bicyclic) bond motifs is 1. The van der Waals surface area contributed by atoms with Crippen LogP contribution in [0.4, 0.5) is 11.6 Å². The van der Waals surface area contributed by atoms with Crippen LogP contribution in [0.3, 0.4) is 0 Å². The highest BCUT2D eigenvalue weighted by atomic mass is 32.2. The molecule has 9 nitrogen and oxygen atoms in total. The first-order chi connectivity index (χ1) is 16.2. The van der Waals surface area contributed by atoms with Crippen LogP contribution in [-0.4, -0.2) is 73.2 Å². The minimum absolute atomic E-state index is 0.0176. The normalized spacial score (nSPS) is 14.8. The van der Waals surface area contributed by atoms with Gasteiger partial charge in [-0.15, -0.1) is 0 Å². The zero-order chi connectivity index (χ0) is 24.3. The quantitative estimate of drug-likeness (QED) is 0.490. The number of nitrogens with zero attached hydrogens (tertiary/aromatic N) is 4. The van der Waals surface area contributed by atoms with Gasteiger partial charge in [-0.25, -0.2) is 18.4 Å². The van der Waals surface area contributed by atoms with Gasteiger partial charge in [-0.05, 0) is 49.5 Å². The Morgan fingerprint density at radius 2 is 1.82 bits per heavy atom. The molecule has 0 spiro atoms. The van der Waals surface area contributed by atoms with Gasteiger partial charge in [-0.3, -0.25) is 14.3 Å². The SMILES string of the molecule is CC(=O)SCC(=O)c1ccc(NS(=O)(=O)c2ccc3nc(N4CCN(C)CC4)ccc3c2)nc1. The average molecular weight is 500 g/mol. The summed E-state index contributed by atoms with van der Waals surface area (Å²) in [6.07, 6.45) is 1.30. The summed E-state index contributed by atoms with van der Waals surface area (Å²) in [6.45, 7) is 5.15. The molecule has 1 fully saturated rings. The predicted molar refractivity (Wildman–Crippen MR) is 134 cm³/mol. The zero-order valence-electron chi connectivity index (χ0n) is 18.9. The van der Waals surface area contributed by atoms with Gasteiger partial charge in [0.25, 0.3) is 10.0 Å². The fourth-order valence-corrected chi connectivity index (χ4v) is 5.08. The summed E-state index contributed by atoms with van der Waals surface area (Å²) in [5, 5.41) is 0.574. The second-order valence-corrected chi connectivity index (χ2v) is 10.9. The topological polar surface area (TPSA) is 113 Å². The van der Waals surface area contributed by atoms with Gasteiger partial charge in [-0.1, -0.05) is 11.8 Å². The van der Waals surface area contributed by atoms with Crippen LogP contribution in [0.5, 0.6) is 0 Å². The highest BCUT2D eigenvalue weighted by molar-refractivity contribution is 8.14. The number of anilines is 2. The molecule has 0 aliphatic carbocycles. The van der Waals surface area contributed by atoms with Crippen molar-refractivity contribution >= 4 is 55.2 Å². The van der Waals surface area contributed by atoms with Crippen molar-refractivity contribution in [2.45, 2.75) is 11.8 Å². The van der Waals surface area contributed by atoms with Crippen LogP contribution in [0.15, 0.2) is 53.6 Å². The number of benzene rings is 1. The fraction of sp³-hybridized carbons (Fsp3) is 0.304. The third kappa shape index (κ3) is 5.72. The Balaban J connectivity index is 1.47. The molecule has 1 aliphatic heterocycles. The van der Waals surface area contributed by atoms with E-state index in [1.54, 1.807) is 12.1 Å². The number of Topliss-reactive ketones (excluding diaryl/α,β-unsaturated/α-hetero) is 1. The monoisotopic (exact) mass is 499 g/mol. The fourth-order valence-electron chi connectivity index (χ4n) is 3.54. The van der Waals surface area contributed by atoms with Gasteiger partial charge in [0.05, 0.1) is 16.2 Å². The molecule has 178 valence electrons. The minimum atomic E-state index is -3.89. The average Bonchev–Trinajstić information content (AvgIpc) is 2.82. The van der Waals surface area contributed by atoms with Crippen LogP contribution in [-0.2, 0) is 14.8 Å². The van der Waals surface area contributed by atoms with Gasteiger partial charge < -0.3 is 9.80 Å². The van der Waals surface area contributed by atoms with E-state index in [0.717, 1.165) is 54.7 Å². The molecule has 2 aromatic heterocycles. The third-order valence-electron chi connectivity index (χ3n) is 5.51. The number of ketones is 1. The number of nitrogens with one attached hydrogen (secondary N) is 1. The predicted octanol–water partition coefficient (Wildman–Crippen LogP) is 2.64. The standard InChI is InChI=1S/C23H25N5O4S2/c1-16(29)33-15-21(30)18-3-7-22(24-14-18)26-34(31,32)19-5-6-20-17(13-19)4-8-23(25-20)28-11-9-27(2)10-12-28/h3-8,13-14H,9-12,15H2,1-2H3,(H,24,26). The Hall–Kier alpha value is -3.02. The number of carbonyl (C=O) groups is 2. The molecule has 0 radical (unpaired) electrons. The van der Waals surface area contributed by atoms with E-state index in [1.807, 2.05) is 12.1 Å². The van der Waals surface area contributed by atoms with Crippen LogP contribution in [0.1, 0.15) is 17.3 Å². The molecule has 3 aromatic rings. The van der Waals surface area contributed by atoms with Crippen molar-refractivity contribution in [2.75, 3.05) is 48.6 Å². The van der Waals surface area contributed by atoms with E-state index >= 15 is 0 Å². The van der Waals surface area contributed by atoms with E-state index in [0.29, 0.717) is 5.56 Å². The lowest BCUT2D eigenvalue weighted by Gasteiger charge is -2.33. The Morgan fingerprint density at radius 1 is 1.06 bits per heavy atom. The number of pyridine rings is 2. The third-order valence-corrected chi connectivity index (χ3v) is 7.68. The number of carbonyl (C=O) groups excluding carboxylic acids is 2. The van der Waals surface area contributed by atoms with E-state index in [1.165, 1.54) is 31.3 Å². The van der Waals surface area contributed by atoms with Crippen LogP contribution in [0.2, 0.25) is 0 Å². The molecule has 0 unspecified atom stereocenters. The lowest BCUT2D eigenvalue weighted by Crippen LogP contribution is -2.44. The molecule has 1 aliphatic rings. The first-order valence-corrected chi connectivity index (χ1v) is 13.2. The summed E-state index contributed by atoms with van der Waals surface area (Å²) in [4.78, 5) is 36.4. The van der Waals surface area contributed by atoms with Gasteiger partial charge in [0, 0.05) is 50.2 Å². The Bertz CT molecular complexity index is 1320. The molecular weight excluding hydrogens is 474 g/mol. The van der Waals surface area contributed by atoms with E-state index < -0.39 is 10.0 Å². The van der Waals surface area contributed by atoms with E-state index in [9.17, 15) is 18.0 Å². The number of thioether (sulfide) groups is 1. The van der Waals surface area contributed by atoms with E-state index in [4.69, 9.17) is 4.98 Å². The summed E-state index contributed by atoms with van der Waals surface area (Å²) in [5.41, 5.74) is 1.03. The van der Waals surface area contributed by atoms with Crippen LogP contribution < -0.4 is 9.62 Å². The van der Waals surface area contributed by atoms with Gasteiger partial charge in [0.2, 0.25) is 0 Å². The smallest absolute Gasteiger partial charge is 0.263 e. The molecule has 1 aromatic carbocycles. The number of hydrogen-bond donors (Lipinski definition) is 1. The number of piperazine rings is 1. The Kier molecular flexibility index (Phi) is 7.15. The van der Waals surface area contributed by atoms with Crippen molar-refractivity contribution in [2.24, 2.45) is 0 Å². The first kappa shape index (κ1) is 24.1. The van der Waals surface area contributed by atoms with E-state index in [2.05, 4.69) is 26.6 Å². The number of likely N-dealkylation sites (N-methyl/N-ethyl adjacent to an activating group) is 1. The van der Waals surface area contributed by atoms with Crippen molar-refractivity contribution in [1.82, 2.24) is 14.9 Å². The van der Waals surface area contributed by atoms with Crippen LogP contribution in [0.25, 0.3) is 10.9 Å². The van der Waals surface area contributed by atoms with Crippen molar-refractivity contribution < 1.29 is 18.0 Å². The van der Waals surface area contributed by atoms with Gasteiger partial charge in [0.1, 0.15) is 11.6 Å².